The first kappa shape index (κ1) is 48.9. The SMILES string of the molecule is CCCCCCC1(CCCCCCc2ccc3c(c2)CC3)c2cc(-c3ccc(-c4c5ccccc5c(-c5ccc(C(C)(CC)CC)cc5)c5ccccc45)cc3)ccc2-c2ccc(C(C)(CC)CC)cc21. The summed E-state index contributed by atoms with van der Waals surface area (Å²) in [5.74, 6) is 0. The van der Waals surface area contributed by atoms with E-state index in [1.165, 1.54) is 161 Å². The lowest BCUT2D eigenvalue weighted by Gasteiger charge is -2.35. The number of aryl methyl sites for hydroxylation is 3. The number of rotatable bonds is 21. The molecular formula is C71H80. The number of fused-ring (bicyclic) bond motifs is 6. The molecule has 8 aromatic carbocycles. The first-order valence-electron chi connectivity index (χ1n) is 28.2. The average Bonchev–Trinajstić information content (AvgIpc) is 3.68. The van der Waals surface area contributed by atoms with E-state index in [1.54, 1.807) is 27.8 Å². The predicted octanol–water partition coefficient (Wildman–Crippen LogP) is 20.7. The Hall–Kier alpha value is -5.72. The minimum atomic E-state index is 0.0139. The van der Waals surface area contributed by atoms with E-state index in [0.29, 0.717) is 0 Å². The van der Waals surface area contributed by atoms with Crippen molar-refractivity contribution in [3.05, 3.63) is 191 Å². The fourth-order valence-corrected chi connectivity index (χ4v) is 13.0. The molecule has 0 heterocycles. The van der Waals surface area contributed by atoms with Crippen molar-refractivity contribution < 1.29 is 0 Å². The van der Waals surface area contributed by atoms with Crippen LogP contribution in [0.5, 0.6) is 0 Å². The van der Waals surface area contributed by atoms with Crippen molar-refractivity contribution in [3.63, 3.8) is 0 Å². The van der Waals surface area contributed by atoms with Crippen molar-refractivity contribution in [1.29, 1.82) is 0 Å². The van der Waals surface area contributed by atoms with Crippen molar-refractivity contribution in [3.8, 4) is 44.5 Å². The summed E-state index contributed by atoms with van der Waals surface area (Å²) in [5, 5.41) is 5.24. The van der Waals surface area contributed by atoms with Crippen LogP contribution in [0.25, 0.3) is 66.1 Å². The Labute approximate surface area is 428 Å². The standard InChI is InChI=1S/C71H80/c1-8-13-14-22-45-71(46-23-16-15-17-24-50-29-30-51-33-36-55(51)47-50)65-48-56(39-43-59(65)60-44-42-58(49-66(60)71)70(7,11-4)12-5)52-31-34-53(35-32-52)67-61-25-18-20-27-63(61)68(64-28-21-19-26-62(64)67)54-37-40-57(41-38-54)69(6,9-2)10-3/h18-21,25-32,34-35,37-44,47-49H,8-17,22-24,33,36,45-46H2,1-7H3. The van der Waals surface area contributed by atoms with Crippen LogP contribution in [0, 0.1) is 0 Å². The highest BCUT2D eigenvalue weighted by Gasteiger charge is 2.43. The lowest BCUT2D eigenvalue weighted by atomic mass is 9.68. The summed E-state index contributed by atoms with van der Waals surface area (Å²) in [6, 6.07) is 59.9. The van der Waals surface area contributed by atoms with Gasteiger partial charge >= 0.3 is 0 Å². The Morgan fingerprint density at radius 3 is 1.39 bits per heavy atom. The summed E-state index contributed by atoms with van der Waals surface area (Å²) in [6.45, 7) is 16.7. The molecule has 0 saturated carbocycles. The molecule has 0 heteroatoms. The molecule has 0 aliphatic heterocycles. The topological polar surface area (TPSA) is 0 Å². The summed E-state index contributed by atoms with van der Waals surface area (Å²) in [5.41, 5.74) is 22.0. The second-order valence-electron chi connectivity index (χ2n) is 22.5. The van der Waals surface area contributed by atoms with Gasteiger partial charge in [-0.05, 0) is 186 Å². The molecule has 0 N–H and O–H groups in total. The van der Waals surface area contributed by atoms with E-state index in [1.807, 2.05) is 0 Å². The van der Waals surface area contributed by atoms with Crippen molar-refractivity contribution in [2.75, 3.05) is 0 Å². The number of hydrogen-bond donors (Lipinski definition) is 0. The maximum Gasteiger partial charge on any atom is 0.0215 e. The van der Waals surface area contributed by atoms with Crippen molar-refractivity contribution in [1.82, 2.24) is 0 Å². The smallest absolute Gasteiger partial charge is 0.0215 e. The Morgan fingerprint density at radius 1 is 0.394 bits per heavy atom. The van der Waals surface area contributed by atoms with E-state index in [4.69, 9.17) is 0 Å². The minimum Gasteiger partial charge on any atom is -0.0654 e. The van der Waals surface area contributed by atoms with Gasteiger partial charge in [0.05, 0.1) is 0 Å². The molecule has 1 atom stereocenters. The zero-order valence-electron chi connectivity index (χ0n) is 44.5. The van der Waals surface area contributed by atoms with E-state index in [9.17, 15) is 0 Å². The average molecular weight is 933 g/mol. The van der Waals surface area contributed by atoms with E-state index < -0.39 is 0 Å². The molecule has 0 fully saturated rings. The summed E-state index contributed by atoms with van der Waals surface area (Å²) in [7, 11) is 0. The Bertz CT molecular complexity index is 3080. The normalized spacial score (nSPS) is 15.2. The molecule has 2 aliphatic rings. The fraction of sp³-hybridized carbons (Fsp3) is 0.380. The van der Waals surface area contributed by atoms with E-state index in [2.05, 4.69) is 200 Å². The zero-order chi connectivity index (χ0) is 49.2. The summed E-state index contributed by atoms with van der Waals surface area (Å²) in [4.78, 5) is 0. The van der Waals surface area contributed by atoms with Crippen LogP contribution in [0.2, 0.25) is 0 Å². The maximum atomic E-state index is 2.70. The lowest BCUT2D eigenvalue weighted by molar-refractivity contribution is 0.397. The van der Waals surface area contributed by atoms with Crippen LogP contribution in [0.4, 0.5) is 0 Å². The van der Waals surface area contributed by atoms with Crippen LogP contribution in [0.1, 0.15) is 177 Å². The fourth-order valence-electron chi connectivity index (χ4n) is 13.0. The first-order chi connectivity index (χ1) is 34.7. The molecule has 8 aromatic rings. The molecule has 1 unspecified atom stereocenters. The van der Waals surface area contributed by atoms with Crippen molar-refractivity contribution in [2.45, 2.75) is 174 Å². The van der Waals surface area contributed by atoms with Gasteiger partial charge in [-0.25, -0.2) is 0 Å². The van der Waals surface area contributed by atoms with Crippen LogP contribution in [-0.4, -0.2) is 0 Å². The lowest BCUT2D eigenvalue weighted by Crippen LogP contribution is -2.27. The van der Waals surface area contributed by atoms with Crippen LogP contribution in [0.15, 0.2) is 152 Å². The zero-order valence-corrected chi connectivity index (χ0v) is 44.5. The molecule has 0 bridgehead atoms. The van der Waals surface area contributed by atoms with Gasteiger partial charge in [0.1, 0.15) is 0 Å². The second kappa shape index (κ2) is 20.8. The molecule has 0 amide bonds. The molecular weight excluding hydrogens is 853 g/mol. The van der Waals surface area contributed by atoms with E-state index >= 15 is 0 Å². The van der Waals surface area contributed by atoms with Gasteiger partial charge in [0.2, 0.25) is 0 Å². The molecule has 0 spiro atoms. The van der Waals surface area contributed by atoms with Crippen molar-refractivity contribution in [2.24, 2.45) is 0 Å². The first-order valence-corrected chi connectivity index (χ1v) is 28.2. The molecule has 2 aliphatic carbocycles. The molecule has 0 nitrogen and oxygen atoms in total. The molecule has 364 valence electrons. The van der Waals surface area contributed by atoms with Gasteiger partial charge in [0.25, 0.3) is 0 Å². The van der Waals surface area contributed by atoms with E-state index in [0.717, 1.165) is 25.7 Å². The monoisotopic (exact) mass is 933 g/mol. The Morgan fingerprint density at radius 2 is 0.859 bits per heavy atom. The number of unbranched alkanes of at least 4 members (excludes halogenated alkanes) is 6. The number of hydrogen-bond acceptors (Lipinski definition) is 0. The quantitative estimate of drug-likeness (QED) is 0.0497. The van der Waals surface area contributed by atoms with Gasteiger partial charge in [0, 0.05) is 5.41 Å². The molecule has 71 heavy (non-hydrogen) atoms. The highest BCUT2D eigenvalue weighted by atomic mass is 14.5. The van der Waals surface area contributed by atoms with Gasteiger partial charge < -0.3 is 0 Å². The van der Waals surface area contributed by atoms with Gasteiger partial charge in [-0.15, -0.1) is 0 Å². The van der Waals surface area contributed by atoms with Gasteiger partial charge in [-0.3, -0.25) is 0 Å². The largest absolute Gasteiger partial charge is 0.0654 e. The van der Waals surface area contributed by atoms with Gasteiger partial charge in [-0.2, -0.15) is 0 Å². The third-order valence-electron chi connectivity index (χ3n) is 18.7. The van der Waals surface area contributed by atoms with Crippen LogP contribution in [-0.2, 0) is 35.5 Å². The molecule has 0 radical (unpaired) electrons. The van der Waals surface area contributed by atoms with Crippen LogP contribution in [0.3, 0.4) is 0 Å². The number of benzene rings is 8. The van der Waals surface area contributed by atoms with Crippen LogP contribution < -0.4 is 0 Å². The van der Waals surface area contributed by atoms with Gasteiger partial charge in [-0.1, -0.05) is 239 Å². The predicted molar refractivity (Wildman–Crippen MR) is 309 cm³/mol. The van der Waals surface area contributed by atoms with Gasteiger partial charge in [0.15, 0.2) is 0 Å². The Kier molecular flexibility index (Phi) is 14.3. The summed E-state index contributed by atoms with van der Waals surface area (Å²) in [6.07, 6.45) is 21.1. The van der Waals surface area contributed by atoms with Crippen molar-refractivity contribution >= 4 is 21.5 Å². The van der Waals surface area contributed by atoms with Crippen LogP contribution >= 0.6 is 0 Å². The minimum absolute atomic E-state index is 0.0139. The maximum absolute atomic E-state index is 2.70. The second-order valence-corrected chi connectivity index (χ2v) is 22.5. The Balaban J connectivity index is 1.00. The third kappa shape index (κ3) is 9.13. The summed E-state index contributed by atoms with van der Waals surface area (Å²) < 4.78 is 0. The third-order valence-corrected chi connectivity index (χ3v) is 18.7. The highest BCUT2D eigenvalue weighted by Crippen LogP contribution is 2.56. The van der Waals surface area contributed by atoms with E-state index in [-0.39, 0.29) is 16.2 Å². The molecule has 10 rings (SSSR count). The highest BCUT2D eigenvalue weighted by molar-refractivity contribution is 6.21. The molecule has 0 saturated heterocycles. The summed E-state index contributed by atoms with van der Waals surface area (Å²) >= 11 is 0. The molecule has 0 aromatic heterocycles.